The maximum atomic E-state index is 13.8. The standard InChI is InChI=1S/C16H14F5N5O2S/c1-7-16(8(2)25(3)22-7)29(27,28)24-10-4-5-26(23-10)6-9-11(17)13(19)15(21)14(20)12(9)18/h4-5H,6H2,1-3H3,(H,23,24). The third-order valence-corrected chi connectivity index (χ3v) is 5.82. The molecule has 0 bridgehead atoms. The molecule has 156 valence electrons. The predicted molar refractivity (Wildman–Crippen MR) is 91.1 cm³/mol. The number of anilines is 1. The lowest BCUT2D eigenvalue weighted by Crippen LogP contribution is -2.16. The minimum absolute atomic E-state index is 0.0608. The molecule has 0 saturated carbocycles. The smallest absolute Gasteiger partial charge is 0.266 e. The molecule has 1 aromatic carbocycles. The zero-order valence-electron chi connectivity index (χ0n) is 15.3. The summed E-state index contributed by atoms with van der Waals surface area (Å²) in [4.78, 5) is -0.0608. The molecule has 2 aromatic heterocycles. The van der Waals surface area contributed by atoms with Crippen molar-refractivity contribution in [3.05, 3.63) is 58.3 Å². The molecule has 29 heavy (non-hydrogen) atoms. The zero-order chi connectivity index (χ0) is 21.7. The molecule has 0 fully saturated rings. The van der Waals surface area contributed by atoms with Crippen molar-refractivity contribution in [2.24, 2.45) is 7.05 Å². The predicted octanol–water partition coefficient (Wildman–Crippen LogP) is 2.78. The van der Waals surface area contributed by atoms with E-state index < -0.39 is 51.2 Å². The van der Waals surface area contributed by atoms with Crippen molar-refractivity contribution in [2.75, 3.05) is 4.72 Å². The second-order valence-electron chi connectivity index (χ2n) is 6.18. The quantitative estimate of drug-likeness (QED) is 0.380. The second kappa shape index (κ2) is 7.13. The maximum absolute atomic E-state index is 13.8. The van der Waals surface area contributed by atoms with Crippen LogP contribution in [-0.4, -0.2) is 28.0 Å². The number of hydrogen-bond acceptors (Lipinski definition) is 4. The first kappa shape index (κ1) is 20.8. The molecule has 0 radical (unpaired) electrons. The SMILES string of the molecule is Cc1nn(C)c(C)c1S(=O)(=O)Nc1ccn(Cc2c(F)c(F)c(F)c(F)c2F)n1. The van der Waals surface area contributed by atoms with Crippen LogP contribution in [0.1, 0.15) is 17.0 Å². The number of aryl methyl sites for hydroxylation is 2. The van der Waals surface area contributed by atoms with Crippen LogP contribution < -0.4 is 4.72 Å². The van der Waals surface area contributed by atoms with Gasteiger partial charge in [0.2, 0.25) is 5.82 Å². The summed E-state index contributed by atoms with van der Waals surface area (Å²) in [6.45, 7) is 2.25. The summed E-state index contributed by atoms with van der Waals surface area (Å²) in [6, 6.07) is 1.17. The highest BCUT2D eigenvalue weighted by Gasteiger charge is 2.27. The molecule has 0 amide bonds. The third kappa shape index (κ3) is 3.57. The summed E-state index contributed by atoms with van der Waals surface area (Å²) < 4.78 is 96.9. The minimum atomic E-state index is -4.08. The van der Waals surface area contributed by atoms with Crippen molar-refractivity contribution in [3.63, 3.8) is 0 Å². The fourth-order valence-electron chi connectivity index (χ4n) is 2.79. The van der Waals surface area contributed by atoms with E-state index in [2.05, 4.69) is 14.9 Å². The van der Waals surface area contributed by atoms with Gasteiger partial charge in [-0.3, -0.25) is 14.1 Å². The zero-order valence-corrected chi connectivity index (χ0v) is 16.1. The van der Waals surface area contributed by atoms with E-state index in [1.807, 2.05) is 0 Å². The van der Waals surface area contributed by atoms with Gasteiger partial charge in [-0.05, 0) is 13.8 Å². The van der Waals surface area contributed by atoms with Gasteiger partial charge in [0.15, 0.2) is 29.1 Å². The van der Waals surface area contributed by atoms with Gasteiger partial charge in [0.05, 0.1) is 23.5 Å². The van der Waals surface area contributed by atoms with Crippen LogP contribution in [0, 0.1) is 42.9 Å². The lowest BCUT2D eigenvalue weighted by atomic mass is 10.1. The molecule has 0 atom stereocenters. The van der Waals surface area contributed by atoms with Gasteiger partial charge in [-0.2, -0.15) is 10.2 Å². The fraction of sp³-hybridized carbons (Fsp3) is 0.250. The molecule has 3 rings (SSSR count). The van der Waals surface area contributed by atoms with E-state index in [-0.39, 0.29) is 16.4 Å². The Morgan fingerprint density at radius 3 is 2.03 bits per heavy atom. The van der Waals surface area contributed by atoms with Crippen molar-refractivity contribution in [3.8, 4) is 0 Å². The first-order valence-corrected chi connectivity index (χ1v) is 9.49. The molecule has 3 aromatic rings. The van der Waals surface area contributed by atoms with Crippen LogP contribution in [-0.2, 0) is 23.6 Å². The third-order valence-electron chi connectivity index (χ3n) is 4.21. The van der Waals surface area contributed by atoms with Crippen molar-refractivity contribution in [2.45, 2.75) is 25.3 Å². The highest BCUT2D eigenvalue weighted by Crippen LogP contribution is 2.25. The molecular formula is C16H14F5N5O2S. The number of halogens is 5. The van der Waals surface area contributed by atoms with Crippen LogP contribution in [0.15, 0.2) is 17.2 Å². The van der Waals surface area contributed by atoms with Crippen molar-refractivity contribution < 1.29 is 30.4 Å². The molecule has 0 saturated heterocycles. The van der Waals surface area contributed by atoms with Gasteiger partial charge in [0.25, 0.3) is 10.0 Å². The van der Waals surface area contributed by atoms with E-state index in [0.29, 0.717) is 5.69 Å². The number of rotatable bonds is 5. The van der Waals surface area contributed by atoms with Crippen LogP contribution in [0.2, 0.25) is 0 Å². The van der Waals surface area contributed by atoms with Gasteiger partial charge >= 0.3 is 0 Å². The average Bonchev–Trinajstić information content (AvgIpc) is 3.18. The van der Waals surface area contributed by atoms with E-state index in [1.165, 1.54) is 17.7 Å². The first-order chi connectivity index (χ1) is 13.4. The molecule has 2 heterocycles. The van der Waals surface area contributed by atoms with E-state index in [1.54, 1.807) is 14.0 Å². The molecule has 0 aliphatic carbocycles. The summed E-state index contributed by atoms with van der Waals surface area (Å²) in [7, 11) is -2.51. The molecule has 13 heteroatoms. The largest absolute Gasteiger partial charge is 0.271 e. The Labute approximate surface area is 161 Å². The lowest BCUT2D eigenvalue weighted by molar-refractivity contribution is 0.367. The van der Waals surface area contributed by atoms with Gasteiger partial charge in [0.1, 0.15) is 4.90 Å². The van der Waals surface area contributed by atoms with Gasteiger partial charge in [-0.25, -0.2) is 30.4 Å². The first-order valence-electron chi connectivity index (χ1n) is 8.00. The molecule has 0 aliphatic rings. The van der Waals surface area contributed by atoms with E-state index in [4.69, 9.17) is 0 Å². The normalized spacial score (nSPS) is 11.9. The monoisotopic (exact) mass is 435 g/mol. The Hall–Kier alpha value is -2.96. The van der Waals surface area contributed by atoms with Gasteiger partial charge < -0.3 is 0 Å². The van der Waals surface area contributed by atoms with E-state index >= 15 is 0 Å². The van der Waals surface area contributed by atoms with Crippen molar-refractivity contribution in [1.82, 2.24) is 19.6 Å². The minimum Gasteiger partial charge on any atom is -0.271 e. The summed E-state index contributed by atoms with van der Waals surface area (Å²) in [6.07, 6.45) is 1.12. The number of nitrogens with zero attached hydrogens (tertiary/aromatic N) is 4. The van der Waals surface area contributed by atoms with Crippen molar-refractivity contribution in [1.29, 1.82) is 0 Å². The maximum Gasteiger partial charge on any atom is 0.266 e. The molecular weight excluding hydrogens is 421 g/mol. The molecule has 0 unspecified atom stereocenters. The second-order valence-corrected chi connectivity index (χ2v) is 7.80. The lowest BCUT2D eigenvalue weighted by Gasteiger charge is -2.08. The Morgan fingerprint density at radius 2 is 1.52 bits per heavy atom. The molecule has 0 aliphatic heterocycles. The van der Waals surface area contributed by atoms with Crippen LogP contribution in [0.25, 0.3) is 0 Å². The number of hydrogen-bond donors (Lipinski definition) is 1. The van der Waals surface area contributed by atoms with Crippen LogP contribution in [0.4, 0.5) is 27.8 Å². The van der Waals surface area contributed by atoms with Gasteiger partial charge in [0, 0.05) is 19.3 Å². The van der Waals surface area contributed by atoms with E-state index in [9.17, 15) is 30.4 Å². The van der Waals surface area contributed by atoms with Crippen LogP contribution in [0.3, 0.4) is 0 Å². The van der Waals surface area contributed by atoms with E-state index in [0.717, 1.165) is 10.9 Å². The topological polar surface area (TPSA) is 81.8 Å². The van der Waals surface area contributed by atoms with Crippen LogP contribution in [0.5, 0.6) is 0 Å². The Balaban J connectivity index is 1.89. The fourth-order valence-corrected chi connectivity index (χ4v) is 4.22. The Bertz CT molecular complexity index is 1190. The average molecular weight is 435 g/mol. The molecule has 7 nitrogen and oxygen atoms in total. The number of benzene rings is 1. The molecule has 0 spiro atoms. The van der Waals surface area contributed by atoms with Gasteiger partial charge in [-0.1, -0.05) is 0 Å². The summed E-state index contributed by atoms with van der Waals surface area (Å²) in [5.41, 5.74) is -0.480. The van der Waals surface area contributed by atoms with Crippen LogP contribution >= 0.6 is 0 Å². The Morgan fingerprint density at radius 1 is 0.966 bits per heavy atom. The summed E-state index contributed by atoms with van der Waals surface area (Å²) in [5.74, 6) is -10.6. The molecule has 1 N–H and O–H groups in total. The summed E-state index contributed by atoms with van der Waals surface area (Å²) >= 11 is 0. The highest BCUT2D eigenvalue weighted by molar-refractivity contribution is 7.92. The number of sulfonamides is 1. The number of nitrogens with one attached hydrogen (secondary N) is 1. The van der Waals surface area contributed by atoms with Crippen molar-refractivity contribution >= 4 is 15.8 Å². The summed E-state index contributed by atoms with van der Waals surface area (Å²) in [5, 5.41) is 7.78. The number of aromatic nitrogens is 4. The van der Waals surface area contributed by atoms with Gasteiger partial charge in [-0.15, -0.1) is 0 Å². The Kier molecular flexibility index (Phi) is 5.11. The highest BCUT2D eigenvalue weighted by atomic mass is 32.2.